The lowest BCUT2D eigenvalue weighted by Crippen LogP contribution is -2.29. The van der Waals surface area contributed by atoms with Crippen molar-refractivity contribution in [2.75, 3.05) is 10.6 Å². The number of amides is 1. The normalized spacial score (nSPS) is 11.3. The van der Waals surface area contributed by atoms with Gasteiger partial charge in [-0.3, -0.25) is 9.10 Å². The molecule has 0 aliphatic rings. The summed E-state index contributed by atoms with van der Waals surface area (Å²) in [5, 5.41) is 5.68. The molecule has 0 saturated carbocycles. The van der Waals surface area contributed by atoms with Crippen molar-refractivity contribution in [1.82, 2.24) is 5.32 Å². The highest BCUT2D eigenvalue weighted by Gasteiger charge is 2.18. The lowest BCUT2D eigenvalue weighted by molar-refractivity contribution is 0.0951. The first-order chi connectivity index (χ1) is 15.8. The summed E-state index contributed by atoms with van der Waals surface area (Å²) in [6.45, 7) is 0.556. The highest BCUT2D eigenvalue weighted by atomic mass is 35.5. The van der Waals surface area contributed by atoms with E-state index in [1.54, 1.807) is 48.5 Å². The Kier molecular flexibility index (Phi) is 6.67. The number of hydrogen-bond acceptors (Lipinski definition) is 3. The number of nitrogens with zero attached hydrogens (tertiary/aromatic N) is 1. The molecule has 4 aromatic carbocycles. The van der Waals surface area contributed by atoms with Crippen molar-refractivity contribution < 1.29 is 13.2 Å². The molecule has 0 atom stereocenters. The minimum absolute atomic E-state index is 0.137. The summed E-state index contributed by atoms with van der Waals surface area (Å²) in [4.78, 5) is 12.6. The average Bonchev–Trinajstić information content (AvgIpc) is 2.80. The van der Waals surface area contributed by atoms with Crippen LogP contribution in [0.3, 0.4) is 0 Å². The quantitative estimate of drug-likeness (QED) is 0.387. The van der Waals surface area contributed by atoms with Crippen molar-refractivity contribution in [3.05, 3.63) is 113 Å². The van der Waals surface area contributed by atoms with Crippen molar-refractivity contribution in [3.63, 3.8) is 0 Å². The van der Waals surface area contributed by atoms with Crippen LogP contribution in [0.5, 0.6) is 0 Å². The summed E-state index contributed by atoms with van der Waals surface area (Å²) in [5.41, 5.74) is 2.77. The molecule has 0 aliphatic heterocycles. The van der Waals surface area contributed by atoms with Gasteiger partial charge in [-0.25, -0.2) is 8.42 Å². The molecule has 0 bridgehead atoms. The largest absolute Gasteiger partial charge is 0.348 e. The van der Waals surface area contributed by atoms with Gasteiger partial charge in [0.1, 0.15) is 0 Å². The molecule has 0 aromatic heterocycles. The van der Waals surface area contributed by atoms with E-state index < -0.39 is 10.0 Å². The number of fused-ring (bicyclic) bond motifs is 1. The van der Waals surface area contributed by atoms with Crippen LogP contribution in [0.4, 0.5) is 5.69 Å². The number of hydrogen-bond donors (Lipinski definition) is 1. The van der Waals surface area contributed by atoms with Crippen molar-refractivity contribution in [1.29, 1.82) is 0 Å². The van der Waals surface area contributed by atoms with Gasteiger partial charge in [-0.1, -0.05) is 66.2 Å². The van der Waals surface area contributed by atoms with Crippen LogP contribution in [-0.4, -0.2) is 20.6 Å². The maximum atomic E-state index is 12.6. The molecule has 0 aliphatic carbocycles. The third kappa shape index (κ3) is 5.72. The molecule has 0 saturated heterocycles. The van der Waals surface area contributed by atoms with Gasteiger partial charge < -0.3 is 5.32 Å². The summed E-state index contributed by atoms with van der Waals surface area (Å²) >= 11 is 6.03. The maximum absolute atomic E-state index is 12.6. The van der Waals surface area contributed by atoms with Crippen molar-refractivity contribution in [3.8, 4) is 0 Å². The summed E-state index contributed by atoms with van der Waals surface area (Å²) < 4.78 is 26.0. The van der Waals surface area contributed by atoms with Crippen LogP contribution >= 0.6 is 11.6 Å². The van der Waals surface area contributed by atoms with Gasteiger partial charge in [-0.2, -0.15) is 0 Å². The standard InChI is InChI=1S/C26H23ClN2O3S/c1-33(31,32)29(25-8-4-7-24(27)16-25)18-19-9-13-22(14-10-19)26(30)28-17-20-11-12-21-5-2-3-6-23(21)15-20/h2-16H,17-18H2,1H3,(H,28,30). The number of rotatable bonds is 7. The van der Waals surface area contributed by atoms with Crippen LogP contribution in [0.2, 0.25) is 5.02 Å². The number of nitrogens with one attached hydrogen (secondary N) is 1. The van der Waals surface area contributed by atoms with Crippen molar-refractivity contribution >= 4 is 44.0 Å². The van der Waals surface area contributed by atoms with Gasteiger partial charge in [0, 0.05) is 17.1 Å². The smallest absolute Gasteiger partial charge is 0.251 e. The van der Waals surface area contributed by atoms with E-state index in [-0.39, 0.29) is 12.5 Å². The molecule has 1 N–H and O–H groups in total. The third-order valence-corrected chi connectivity index (χ3v) is 6.68. The Morgan fingerprint density at radius 2 is 1.55 bits per heavy atom. The molecule has 1 amide bonds. The molecule has 168 valence electrons. The Morgan fingerprint density at radius 3 is 2.24 bits per heavy atom. The van der Waals surface area contributed by atoms with E-state index in [1.807, 2.05) is 30.3 Å². The van der Waals surface area contributed by atoms with E-state index in [2.05, 4.69) is 17.4 Å². The Hall–Kier alpha value is -3.35. The van der Waals surface area contributed by atoms with Crippen LogP contribution in [-0.2, 0) is 23.1 Å². The van der Waals surface area contributed by atoms with Crippen LogP contribution in [0.25, 0.3) is 10.8 Å². The SMILES string of the molecule is CS(=O)(=O)N(Cc1ccc(C(=O)NCc2ccc3ccccc3c2)cc1)c1cccc(Cl)c1. The number of sulfonamides is 1. The monoisotopic (exact) mass is 478 g/mol. The second-order valence-corrected chi connectivity index (χ2v) is 10.2. The lowest BCUT2D eigenvalue weighted by atomic mass is 10.1. The second-order valence-electron chi connectivity index (χ2n) is 7.81. The van der Waals surface area contributed by atoms with E-state index in [9.17, 15) is 13.2 Å². The number of halogens is 1. The van der Waals surface area contributed by atoms with Gasteiger partial charge >= 0.3 is 0 Å². The number of benzene rings is 4. The summed E-state index contributed by atoms with van der Waals surface area (Å²) in [6, 6.07) is 27.8. The first-order valence-corrected chi connectivity index (χ1v) is 12.6. The van der Waals surface area contributed by atoms with E-state index in [1.165, 1.54) is 4.31 Å². The van der Waals surface area contributed by atoms with Gasteiger partial charge in [0.15, 0.2) is 0 Å². The predicted molar refractivity (Wildman–Crippen MR) is 134 cm³/mol. The zero-order valence-corrected chi connectivity index (χ0v) is 19.6. The molecule has 0 unspecified atom stereocenters. The number of carbonyl (C=O) groups is 1. The minimum Gasteiger partial charge on any atom is -0.348 e. The van der Waals surface area contributed by atoms with Gasteiger partial charge in [0.2, 0.25) is 10.0 Å². The molecule has 7 heteroatoms. The molecular formula is C26H23ClN2O3S. The predicted octanol–water partition coefficient (Wildman–Crippen LogP) is 5.39. The molecule has 0 heterocycles. The summed E-state index contributed by atoms with van der Waals surface area (Å²) in [6.07, 6.45) is 1.16. The first kappa shape index (κ1) is 22.8. The fourth-order valence-corrected chi connectivity index (χ4v) is 4.66. The number of anilines is 1. The van der Waals surface area contributed by atoms with Crippen LogP contribution in [0.1, 0.15) is 21.5 Å². The highest BCUT2D eigenvalue weighted by Crippen LogP contribution is 2.24. The van der Waals surface area contributed by atoms with E-state index in [4.69, 9.17) is 11.6 Å². The molecule has 0 fully saturated rings. The Labute approximate surface area is 198 Å². The zero-order chi connectivity index (χ0) is 23.4. The Bertz CT molecular complexity index is 1400. The van der Waals surface area contributed by atoms with Gasteiger partial charge in [-0.05, 0) is 58.3 Å². The summed E-state index contributed by atoms with van der Waals surface area (Å²) in [7, 11) is -3.52. The number of carbonyl (C=O) groups excluding carboxylic acids is 1. The minimum atomic E-state index is -3.52. The van der Waals surface area contributed by atoms with Crippen LogP contribution in [0, 0.1) is 0 Å². The van der Waals surface area contributed by atoms with Gasteiger partial charge in [0.05, 0.1) is 18.5 Å². The second kappa shape index (κ2) is 9.65. The fourth-order valence-electron chi connectivity index (χ4n) is 3.59. The Balaban J connectivity index is 1.43. The van der Waals surface area contributed by atoms with Crippen molar-refractivity contribution in [2.24, 2.45) is 0 Å². The average molecular weight is 479 g/mol. The van der Waals surface area contributed by atoms with Gasteiger partial charge in [-0.15, -0.1) is 0 Å². The molecule has 4 rings (SSSR count). The first-order valence-electron chi connectivity index (χ1n) is 10.4. The lowest BCUT2D eigenvalue weighted by Gasteiger charge is -2.22. The summed E-state index contributed by atoms with van der Waals surface area (Å²) in [5.74, 6) is -0.190. The zero-order valence-electron chi connectivity index (χ0n) is 18.0. The van der Waals surface area contributed by atoms with Crippen LogP contribution in [0.15, 0.2) is 91.0 Å². The van der Waals surface area contributed by atoms with Crippen molar-refractivity contribution in [2.45, 2.75) is 13.1 Å². The molecule has 33 heavy (non-hydrogen) atoms. The molecule has 4 aromatic rings. The van der Waals surface area contributed by atoms with Crippen LogP contribution < -0.4 is 9.62 Å². The molecule has 5 nitrogen and oxygen atoms in total. The van der Waals surface area contributed by atoms with E-state index in [0.29, 0.717) is 22.8 Å². The molecular weight excluding hydrogens is 456 g/mol. The van der Waals surface area contributed by atoms with Gasteiger partial charge in [0.25, 0.3) is 5.91 Å². The Morgan fingerprint density at radius 1 is 0.848 bits per heavy atom. The highest BCUT2D eigenvalue weighted by molar-refractivity contribution is 7.92. The molecule has 0 spiro atoms. The van der Waals surface area contributed by atoms with E-state index >= 15 is 0 Å². The topological polar surface area (TPSA) is 66.5 Å². The molecule has 0 radical (unpaired) electrons. The van der Waals surface area contributed by atoms with E-state index in [0.717, 1.165) is 28.2 Å². The fraction of sp³-hybridized carbons (Fsp3) is 0.115. The maximum Gasteiger partial charge on any atom is 0.251 e. The third-order valence-electron chi connectivity index (χ3n) is 5.31.